The van der Waals surface area contributed by atoms with Gasteiger partial charge >= 0.3 is 0 Å². The van der Waals surface area contributed by atoms with E-state index in [1.807, 2.05) is 6.92 Å². The van der Waals surface area contributed by atoms with Crippen LogP contribution in [-0.4, -0.2) is 25.1 Å². The number of aryl methyl sites for hydroxylation is 2. The summed E-state index contributed by atoms with van der Waals surface area (Å²) in [5.74, 6) is 1.41. The Bertz CT molecular complexity index is 460. The van der Waals surface area contributed by atoms with Gasteiger partial charge in [-0.2, -0.15) is 0 Å². The molecular formula is C9H12N4O2. The molecule has 6 nitrogen and oxygen atoms in total. The number of nitrogens with zero attached hydrogens (tertiary/aromatic N) is 4. The third-order valence-electron chi connectivity index (χ3n) is 2.05. The number of aliphatic hydroxyl groups is 1. The lowest BCUT2D eigenvalue weighted by atomic mass is 10.4. The highest BCUT2D eigenvalue weighted by Crippen LogP contribution is 2.10. The van der Waals surface area contributed by atoms with E-state index in [2.05, 4.69) is 15.3 Å². The van der Waals surface area contributed by atoms with E-state index in [0.717, 1.165) is 11.5 Å². The van der Waals surface area contributed by atoms with Crippen LogP contribution in [0, 0.1) is 13.8 Å². The molecule has 0 unspecified atom stereocenters. The standard InChI is InChI=1S/C9H12N4O2/c1-6-9(15-7(2)10-6)4-13-3-8(5-14)11-12-13/h3,14H,4-5H2,1-2H3. The minimum Gasteiger partial charge on any atom is -0.444 e. The zero-order valence-electron chi connectivity index (χ0n) is 8.64. The number of aromatic nitrogens is 4. The van der Waals surface area contributed by atoms with Gasteiger partial charge in [0.1, 0.15) is 18.0 Å². The molecule has 0 atom stereocenters. The van der Waals surface area contributed by atoms with Gasteiger partial charge in [0.05, 0.1) is 18.5 Å². The molecule has 6 heteroatoms. The molecule has 0 aromatic carbocycles. The smallest absolute Gasteiger partial charge is 0.191 e. The SMILES string of the molecule is Cc1nc(C)c(Cn2cc(CO)nn2)o1. The molecule has 0 radical (unpaired) electrons. The fraction of sp³-hybridized carbons (Fsp3) is 0.444. The van der Waals surface area contributed by atoms with Crippen LogP contribution in [0.25, 0.3) is 0 Å². The van der Waals surface area contributed by atoms with E-state index in [0.29, 0.717) is 18.1 Å². The van der Waals surface area contributed by atoms with Gasteiger partial charge in [-0.05, 0) is 6.92 Å². The molecule has 0 aliphatic carbocycles. The van der Waals surface area contributed by atoms with Crippen molar-refractivity contribution in [2.24, 2.45) is 0 Å². The van der Waals surface area contributed by atoms with Crippen LogP contribution in [0.1, 0.15) is 23.0 Å². The Morgan fingerprint density at radius 1 is 1.47 bits per heavy atom. The van der Waals surface area contributed by atoms with Gasteiger partial charge in [0.25, 0.3) is 0 Å². The molecule has 0 aliphatic rings. The summed E-state index contributed by atoms with van der Waals surface area (Å²) in [4.78, 5) is 4.16. The Morgan fingerprint density at radius 2 is 2.27 bits per heavy atom. The van der Waals surface area contributed by atoms with Crippen LogP contribution in [0.3, 0.4) is 0 Å². The Balaban J connectivity index is 2.17. The van der Waals surface area contributed by atoms with Gasteiger partial charge < -0.3 is 9.52 Å². The molecule has 0 saturated heterocycles. The molecule has 80 valence electrons. The predicted molar refractivity (Wildman–Crippen MR) is 51.0 cm³/mol. The van der Waals surface area contributed by atoms with Crippen LogP contribution in [0.5, 0.6) is 0 Å². The molecule has 0 spiro atoms. The summed E-state index contributed by atoms with van der Waals surface area (Å²) in [6, 6.07) is 0. The molecule has 2 heterocycles. The summed E-state index contributed by atoms with van der Waals surface area (Å²) in [5.41, 5.74) is 1.40. The van der Waals surface area contributed by atoms with Crippen LogP contribution in [0.15, 0.2) is 10.6 Å². The highest BCUT2D eigenvalue weighted by Gasteiger charge is 2.08. The zero-order chi connectivity index (χ0) is 10.8. The van der Waals surface area contributed by atoms with Gasteiger partial charge in [-0.3, -0.25) is 0 Å². The van der Waals surface area contributed by atoms with Crippen molar-refractivity contribution in [3.05, 3.63) is 29.2 Å². The minimum absolute atomic E-state index is 0.103. The van der Waals surface area contributed by atoms with Crippen LogP contribution < -0.4 is 0 Å². The topological polar surface area (TPSA) is 77.0 Å². The van der Waals surface area contributed by atoms with Crippen LogP contribution in [-0.2, 0) is 13.2 Å². The Morgan fingerprint density at radius 3 is 2.80 bits per heavy atom. The lowest BCUT2D eigenvalue weighted by Gasteiger charge is -1.96. The molecule has 0 aliphatic heterocycles. The van der Waals surface area contributed by atoms with E-state index in [1.54, 1.807) is 17.8 Å². The van der Waals surface area contributed by atoms with E-state index in [9.17, 15) is 0 Å². The average Bonchev–Trinajstić information content (AvgIpc) is 2.75. The van der Waals surface area contributed by atoms with E-state index in [-0.39, 0.29) is 6.61 Å². The molecule has 2 aromatic heterocycles. The second kappa shape index (κ2) is 3.82. The Kier molecular flexibility index (Phi) is 2.51. The fourth-order valence-corrected chi connectivity index (χ4v) is 1.36. The average molecular weight is 208 g/mol. The fourth-order valence-electron chi connectivity index (χ4n) is 1.36. The van der Waals surface area contributed by atoms with E-state index in [1.165, 1.54) is 0 Å². The first-order chi connectivity index (χ1) is 7.19. The van der Waals surface area contributed by atoms with Crippen molar-refractivity contribution in [2.75, 3.05) is 0 Å². The van der Waals surface area contributed by atoms with Crippen molar-refractivity contribution in [2.45, 2.75) is 27.0 Å². The largest absolute Gasteiger partial charge is 0.444 e. The van der Waals surface area contributed by atoms with Crippen LogP contribution in [0.4, 0.5) is 0 Å². The molecule has 0 amide bonds. The first-order valence-electron chi connectivity index (χ1n) is 4.62. The molecule has 15 heavy (non-hydrogen) atoms. The van der Waals surface area contributed by atoms with E-state index >= 15 is 0 Å². The highest BCUT2D eigenvalue weighted by molar-refractivity contribution is 5.07. The van der Waals surface area contributed by atoms with Crippen LogP contribution in [0.2, 0.25) is 0 Å². The molecule has 0 saturated carbocycles. The normalized spacial score (nSPS) is 10.9. The van der Waals surface area contributed by atoms with Crippen molar-refractivity contribution in [1.29, 1.82) is 0 Å². The molecule has 0 fully saturated rings. The second-order valence-electron chi connectivity index (χ2n) is 3.31. The monoisotopic (exact) mass is 208 g/mol. The highest BCUT2D eigenvalue weighted by atomic mass is 16.4. The lowest BCUT2D eigenvalue weighted by molar-refractivity contribution is 0.276. The van der Waals surface area contributed by atoms with Crippen molar-refractivity contribution in [3.8, 4) is 0 Å². The van der Waals surface area contributed by atoms with E-state index < -0.39 is 0 Å². The maximum Gasteiger partial charge on any atom is 0.191 e. The number of aliphatic hydroxyl groups excluding tert-OH is 1. The number of rotatable bonds is 3. The first kappa shape index (κ1) is 9.85. The van der Waals surface area contributed by atoms with Gasteiger partial charge in [-0.1, -0.05) is 5.21 Å². The number of hydrogen-bond acceptors (Lipinski definition) is 5. The summed E-state index contributed by atoms with van der Waals surface area (Å²) >= 11 is 0. The van der Waals surface area contributed by atoms with Crippen molar-refractivity contribution in [1.82, 2.24) is 20.0 Å². The van der Waals surface area contributed by atoms with Crippen molar-refractivity contribution < 1.29 is 9.52 Å². The number of hydrogen-bond donors (Lipinski definition) is 1. The van der Waals surface area contributed by atoms with Gasteiger partial charge in [0.15, 0.2) is 5.89 Å². The van der Waals surface area contributed by atoms with Gasteiger partial charge in [-0.15, -0.1) is 5.10 Å². The van der Waals surface area contributed by atoms with Crippen molar-refractivity contribution in [3.63, 3.8) is 0 Å². The van der Waals surface area contributed by atoms with Gasteiger partial charge in [0, 0.05) is 6.92 Å². The molecular weight excluding hydrogens is 196 g/mol. The summed E-state index contributed by atoms with van der Waals surface area (Å²) in [5, 5.41) is 16.4. The lowest BCUT2D eigenvalue weighted by Crippen LogP contribution is -2.00. The summed E-state index contributed by atoms with van der Waals surface area (Å²) in [6.45, 7) is 4.07. The predicted octanol–water partition coefficient (Wildman–Crippen LogP) is 0.424. The summed E-state index contributed by atoms with van der Waals surface area (Å²) < 4.78 is 7.01. The van der Waals surface area contributed by atoms with Crippen LogP contribution >= 0.6 is 0 Å². The number of oxazole rings is 1. The zero-order valence-corrected chi connectivity index (χ0v) is 8.64. The molecule has 2 aromatic rings. The van der Waals surface area contributed by atoms with Gasteiger partial charge in [-0.25, -0.2) is 9.67 Å². The molecule has 2 rings (SSSR count). The summed E-state index contributed by atoms with van der Waals surface area (Å²) in [7, 11) is 0. The quantitative estimate of drug-likeness (QED) is 0.791. The Hall–Kier alpha value is -1.69. The Labute approximate surface area is 86.6 Å². The van der Waals surface area contributed by atoms with Gasteiger partial charge in [0.2, 0.25) is 0 Å². The third-order valence-corrected chi connectivity index (χ3v) is 2.05. The third kappa shape index (κ3) is 2.04. The molecule has 1 N–H and O–H groups in total. The van der Waals surface area contributed by atoms with E-state index in [4.69, 9.17) is 9.52 Å². The van der Waals surface area contributed by atoms with Crippen molar-refractivity contribution >= 4 is 0 Å². The minimum atomic E-state index is -0.103. The molecule has 0 bridgehead atoms. The second-order valence-corrected chi connectivity index (χ2v) is 3.31. The maximum atomic E-state index is 8.82. The first-order valence-corrected chi connectivity index (χ1v) is 4.62. The summed E-state index contributed by atoms with van der Waals surface area (Å²) in [6.07, 6.45) is 1.68. The maximum absolute atomic E-state index is 8.82.